The van der Waals surface area contributed by atoms with Crippen LogP contribution in [0.5, 0.6) is 0 Å². The van der Waals surface area contributed by atoms with Gasteiger partial charge in [0, 0.05) is 68.6 Å². The summed E-state index contributed by atoms with van der Waals surface area (Å²) < 4.78 is 22.7. The molecule has 0 aromatic heterocycles. The number of methoxy groups -OCH3 is 5. The third-order valence-corrected chi connectivity index (χ3v) is 2.66. The highest BCUT2D eigenvalue weighted by atomic mass is 16.5. The first kappa shape index (κ1) is 99.1. The Balaban J connectivity index is -0.0000000125. The maximum Gasteiger partial charge on any atom is 0.0433 e. The van der Waals surface area contributed by atoms with E-state index in [-0.39, 0.29) is 74.3 Å². The molecule has 1 rings (SSSR count). The van der Waals surface area contributed by atoms with E-state index >= 15 is 0 Å². The van der Waals surface area contributed by atoms with Crippen molar-refractivity contribution in [3.63, 3.8) is 0 Å². The van der Waals surface area contributed by atoms with Crippen molar-refractivity contribution >= 4 is 0 Å². The van der Waals surface area contributed by atoms with Crippen molar-refractivity contribution in [2.24, 2.45) is 0 Å². The largest absolute Gasteiger partial charge is 0.385 e. The minimum atomic E-state index is 0. The van der Waals surface area contributed by atoms with Crippen molar-refractivity contribution < 1.29 is 23.7 Å². The molecule has 5 nitrogen and oxygen atoms in total. The number of benzene rings is 1. The van der Waals surface area contributed by atoms with Crippen LogP contribution in [-0.2, 0) is 23.7 Å². The summed E-state index contributed by atoms with van der Waals surface area (Å²) in [5, 5.41) is 0. The van der Waals surface area contributed by atoms with Gasteiger partial charge in [-0.2, -0.15) is 0 Å². The molecule has 0 N–H and O–H groups in total. The van der Waals surface area contributed by atoms with E-state index in [0.29, 0.717) is 0 Å². The Labute approximate surface area is 250 Å². The lowest BCUT2D eigenvalue weighted by atomic mass is 10.2. The van der Waals surface area contributed by atoms with Crippen molar-refractivity contribution in [2.45, 2.75) is 123 Å². The monoisotopic (exact) mass is 567 g/mol. The molecule has 5 heteroatoms. The lowest BCUT2D eigenvalue weighted by Crippen LogP contribution is -1.73. The van der Waals surface area contributed by atoms with Gasteiger partial charge in [0.25, 0.3) is 0 Å². The van der Waals surface area contributed by atoms with Crippen molar-refractivity contribution in [3.8, 4) is 0 Å². The second kappa shape index (κ2) is 122. The Bertz CT molecular complexity index is 251. The van der Waals surface area contributed by atoms with E-state index in [0.717, 1.165) is 33.0 Å². The summed E-state index contributed by atoms with van der Waals surface area (Å²) in [5.74, 6) is 0. The zero-order valence-corrected chi connectivity index (χ0v) is 20.9. The molecule has 1 aromatic rings. The van der Waals surface area contributed by atoms with Crippen molar-refractivity contribution in [2.75, 3.05) is 68.6 Å². The highest BCUT2D eigenvalue weighted by Gasteiger charge is 1.79. The van der Waals surface area contributed by atoms with Gasteiger partial charge in [0.1, 0.15) is 0 Å². The zero-order chi connectivity index (χ0) is 23.1. The van der Waals surface area contributed by atoms with Crippen LogP contribution in [0.15, 0.2) is 24.3 Å². The summed E-state index contributed by atoms with van der Waals surface area (Å²) in [6.45, 7) is 18.1. The molecule has 0 saturated heterocycles. The minimum absolute atomic E-state index is 0. The highest BCUT2D eigenvalue weighted by Crippen LogP contribution is 1.99. The summed E-state index contributed by atoms with van der Waals surface area (Å²) in [7, 11) is 8.40. The smallest absolute Gasteiger partial charge is 0.0433 e. The molecule has 0 atom stereocenters. The Morgan fingerprint density at radius 2 is 0.421 bits per heavy atom. The van der Waals surface area contributed by atoms with Crippen LogP contribution in [0.3, 0.4) is 0 Å². The maximum atomic E-state index is 4.54. The number of rotatable bonds is 5. The van der Waals surface area contributed by atoms with Crippen LogP contribution >= 0.6 is 0 Å². The molecule has 0 amide bonds. The fourth-order valence-electron chi connectivity index (χ4n) is 0.637. The van der Waals surface area contributed by atoms with Crippen LogP contribution in [0.4, 0.5) is 0 Å². The van der Waals surface area contributed by atoms with Gasteiger partial charge < -0.3 is 23.7 Å². The molecule has 0 aliphatic heterocycles. The zero-order valence-electron chi connectivity index (χ0n) is 20.9. The number of aryl methyl sites for hydroxylation is 2. The van der Waals surface area contributed by atoms with Gasteiger partial charge in [0.2, 0.25) is 0 Å². The SMILES string of the molecule is C.C.C.C.C.C.C.C.C.C.CCOC.CCOC.CCOC.CCOC.CCOC.Cc1ccc(C)cc1. The first-order valence-electron chi connectivity index (χ1n) is 9.84. The fraction of sp³-hybridized carbons (Fsp3) is 0.818. The molecule has 1 aromatic carbocycles. The summed E-state index contributed by atoms with van der Waals surface area (Å²) in [6, 6.07) is 8.48. The van der Waals surface area contributed by atoms with E-state index < -0.39 is 0 Å². The lowest BCUT2D eigenvalue weighted by Gasteiger charge is -1.90. The molecule has 0 saturated carbocycles. The molecule has 0 aliphatic carbocycles. The Kier molecular flexibility index (Phi) is 318. The third-order valence-electron chi connectivity index (χ3n) is 2.66. The van der Waals surface area contributed by atoms with E-state index in [2.05, 4.69) is 61.8 Å². The van der Waals surface area contributed by atoms with Crippen LogP contribution in [0.1, 0.15) is 120 Å². The summed E-state index contributed by atoms with van der Waals surface area (Å²) in [4.78, 5) is 0. The fourth-order valence-corrected chi connectivity index (χ4v) is 0.637. The average molecular weight is 567 g/mol. The Morgan fingerprint density at radius 3 is 0.474 bits per heavy atom. The van der Waals surface area contributed by atoms with E-state index in [9.17, 15) is 0 Å². The molecule has 0 unspecified atom stereocenters. The standard InChI is InChI=1S/C8H10.5C3H8O.10CH4/c1-7-3-5-8(2)6-4-7;5*1-3-4-2;;;;;;;;;;/h3-6H,1-2H3;5*3H2,1-2H3;10*1H4. The summed E-state index contributed by atoms with van der Waals surface area (Å²) >= 11 is 0. The van der Waals surface area contributed by atoms with Gasteiger partial charge in [-0.3, -0.25) is 0 Å². The predicted molar refractivity (Wildman–Crippen MR) is 191 cm³/mol. The molecule has 0 heterocycles. The van der Waals surface area contributed by atoms with E-state index in [1.54, 1.807) is 35.5 Å². The van der Waals surface area contributed by atoms with E-state index in [4.69, 9.17) is 0 Å². The van der Waals surface area contributed by atoms with Gasteiger partial charge in [-0.15, -0.1) is 0 Å². The normalized spacial score (nSPS) is 5.89. The maximum absolute atomic E-state index is 4.54. The number of ether oxygens (including phenoxy) is 5. The Hall–Kier alpha value is -0.980. The first-order valence-corrected chi connectivity index (χ1v) is 9.84. The van der Waals surface area contributed by atoms with Gasteiger partial charge in [-0.05, 0) is 48.5 Å². The van der Waals surface area contributed by atoms with Gasteiger partial charge in [0.15, 0.2) is 0 Å². The van der Waals surface area contributed by atoms with Crippen molar-refractivity contribution in [1.29, 1.82) is 0 Å². The molecule has 38 heavy (non-hydrogen) atoms. The molecular weight excluding hydrogens is 476 g/mol. The number of hydrogen-bond acceptors (Lipinski definition) is 5. The van der Waals surface area contributed by atoms with Crippen LogP contribution in [-0.4, -0.2) is 68.6 Å². The molecule has 0 radical (unpaired) electrons. The second-order valence-electron chi connectivity index (χ2n) is 5.04. The Morgan fingerprint density at radius 1 is 0.342 bits per heavy atom. The molecular formula is C33H90O5. The van der Waals surface area contributed by atoms with Crippen LogP contribution < -0.4 is 0 Å². The van der Waals surface area contributed by atoms with E-state index in [1.807, 2.05) is 34.6 Å². The second-order valence-corrected chi connectivity index (χ2v) is 5.04. The van der Waals surface area contributed by atoms with Crippen molar-refractivity contribution in [1.82, 2.24) is 0 Å². The molecule has 0 bridgehead atoms. The minimum Gasteiger partial charge on any atom is -0.385 e. The van der Waals surface area contributed by atoms with Crippen LogP contribution in [0, 0.1) is 13.8 Å². The van der Waals surface area contributed by atoms with Crippen molar-refractivity contribution in [3.05, 3.63) is 35.4 Å². The van der Waals surface area contributed by atoms with Gasteiger partial charge in [-0.1, -0.05) is 110 Å². The van der Waals surface area contributed by atoms with E-state index in [1.165, 1.54) is 11.1 Å². The summed E-state index contributed by atoms with van der Waals surface area (Å²) in [5.41, 5.74) is 2.66. The predicted octanol–water partition coefficient (Wildman–Crippen LogP) is 11.9. The molecule has 0 spiro atoms. The third kappa shape index (κ3) is 206. The van der Waals surface area contributed by atoms with Gasteiger partial charge in [0.05, 0.1) is 0 Å². The van der Waals surface area contributed by atoms with Crippen LogP contribution in [0.25, 0.3) is 0 Å². The highest BCUT2D eigenvalue weighted by molar-refractivity contribution is 5.19. The quantitative estimate of drug-likeness (QED) is 0.354. The van der Waals surface area contributed by atoms with Gasteiger partial charge in [-0.25, -0.2) is 0 Å². The van der Waals surface area contributed by atoms with Gasteiger partial charge >= 0.3 is 0 Å². The van der Waals surface area contributed by atoms with Crippen LogP contribution in [0.2, 0.25) is 0 Å². The topological polar surface area (TPSA) is 46.2 Å². The summed E-state index contributed by atoms with van der Waals surface area (Å²) in [6.07, 6.45) is 0. The lowest BCUT2D eigenvalue weighted by molar-refractivity contribution is 0.215. The first-order chi connectivity index (χ1) is 13.4. The molecule has 0 fully saturated rings. The number of hydrogen-bond donors (Lipinski definition) is 0. The average Bonchev–Trinajstić information content (AvgIpc) is 2.76. The molecule has 0 aliphatic rings. The molecule has 252 valence electrons.